The summed E-state index contributed by atoms with van der Waals surface area (Å²) < 4.78 is 0. The summed E-state index contributed by atoms with van der Waals surface area (Å²) in [6.45, 7) is 4.42. The highest BCUT2D eigenvalue weighted by Crippen LogP contribution is 2.15. The van der Waals surface area contributed by atoms with Crippen LogP contribution in [0.5, 0.6) is 0 Å². The Morgan fingerprint density at radius 2 is 0.581 bits per heavy atom. The van der Waals surface area contributed by atoms with Gasteiger partial charge in [0.25, 0.3) is 0 Å². The zero-order valence-corrected chi connectivity index (χ0v) is 21.5. The van der Waals surface area contributed by atoms with Crippen molar-refractivity contribution in [2.24, 2.45) is 0 Å². The summed E-state index contributed by atoms with van der Waals surface area (Å²) >= 11 is 0. The molecule has 0 saturated heterocycles. The van der Waals surface area contributed by atoms with Gasteiger partial charge in [-0.1, -0.05) is 142 Å². The van der Waals surface area contributed by atoms with E-state index in [9.17, 15) is 9.59 Å². The predicted molar refractivity (Wildman–Crippen MR) is 137 cm³/mol. The number of unbranched alkanes of at least 4 members (excludes halogenated alkanes) is 20. The molecule has 184 valence electrons. The molecule has 0 aliphatic heterocycles. The number of carbonyl (C=O) groups is 2. The highest BCUT2D eigenvalue weighted by Gasteiger charge is 2.08. The fraction of sp³-hybridized carbons (Fsp3) is 0.931. The lowest BCUT2D eigenvalue weighted by molar-refractivity contribution is -0.127. The lowest BCUT2D eigenvalue weighted by Crippen LogP contribution is -2.07. The molecule has 0 aromatic heterocycles. The number of ketones is 2. The van der Waals surface area contributed by atoms with E-state index in [2.05, 4.69) is 13.8 Å². The number of hydrogen-bond acceptors (Lipinski definition) is 2. The molecule has 0 atom stereocenters. The molecule has 0 saturated carbocycles. The topological polar surface area (TPSA) is 34.1 Å². The molecule has 0 aliphatic carbocycles. The standard InChI is InChI=1S/C29H56O2/c1-3-5-7-8-9-10-11-12-13-14-15-16-17-18-19-20-21-22-24-26-29(31)27-28(30)25-23-6-4-2/h3-27H2,1-2H3. The maximum absolute atomic E-state index is 11.8. The second-order valence-electron chi connectivity index (χ2n) is 9.83. The van der Waals surface area contributed by atoms with Crippen LogP contribution in [-0.2, 0) is 9.59 Å². The van der Waals surface area contributed by atoms with Crippen molar-refractivity contribution in [3.05, 3.63) is 0 Å². The molecule has 0 bridgehead atoms. The molecule has 0 spiro atoms. The number of hydrogen-bond donors (Lipinski definition) is 0. The van der Waals surface area contributed by atoms with Gasteiger partial charge in [-0.2, -0.15) is 0 Å². The Kier molecular flexibility index (Phi) is 25.1. The van der Waals surface area contributed by atoms with Gasteiger partial charge in [0.05, 0.1) is 6.42 Å². The molecule has 0 radical (unpaired) electrons. The fourth-order valence-electron chi connectivity index (χ4n) is 4.37. The van der Waals surface area contributed by atoms with Gasteiger partial charge in [-0.05, 0) is 12.8 Å². The van der Waals surface area contributed by atoms with Gasteiger partial charge in [-0.3, -0.25) is 9.59 Å². The SMILES string of the molecule is CCCCCCCCCCCCCCCCCCCCCC(=O)CC(=O)CCCCC. The van der Waals surface area contributed by atoms with E-state index < -0.39 is 0 Å². The second-order valence-corrected chi connectivity index (χ2v) is 9.83. The van der Waals surface area contributed by atoms with Gasteiger partial charge >= 0.3 is 0 Å². The van der Waals surface area contributed by atoms with E-state index in [1.165, 1.54) is 109 Å². The molecule has 0 heterocycles. The summed E-state index contributed by atoms with van der Waals surface area (Å²) in [7, 11) is 0. The minimum Gasteiger partial charge on any atom is -0.299 e. The van der Waals surface area contributed by atoms with Crippen LogP contribution in [0.3, 0.4) is 0 Å². The Balaban J connectivity index is 3.18. The first-order valence-corrected chi connectivity index (χ1v) is 14.2. The first-order chi connectivity index (χ1) is 15.2. The largest absolute Gasteiger partial charge is 0.299 e. The molecule has 0 unspecified atom stereocenters. The van der Waals surface area contributed by atoms with Crippen molar-refractivity contribution < 1.29 is 9.59 Å². The zero-order valence-electron chi connectivity index (χ0n) is 21.5. The molecular weight excluding hydrogens is 380 g/mol. The van der Waals surface area contributed by atoms with Gasteiger partial charge < -0.3 is 0 Å². The lowest BCUT2D eigenvalue weighted by atomic mass is 10.0. The van der Waals surface area contributed by atoms with E-state index in [0.717, 1.165) is 32.1 Å². The summed E-state index contributed by atoms with van der Waals surface area (Å²) in [6, 6.07) is 0. The number of carbonyl (C=O) groups excluding carboxylic acids is 2. The van der Waals surface area contributed by atoms with Crippen LogP contribution in [0, 0.1) is 0 Å². The Morgan fingerprint density at radius 1 is 0.355 bits per heavy atom. The normalized spacial score (nSPS) is 11.2. The minimum absolute atomic E-state index is 0.149. The van der Waals surface area contributed by atoms with Crippen molar-refractivity contribution in [3.8, 4) is 0 Å². The molecule has 0 N–H and O–H groups in total. The highest BCUT2D eigenvalue weighted by molar-refractivity contribution is 5.98. The van der Waals surface area contributed by atoms with E-state index in [1.54, 1.807) is 0 Å². The first kappa shape index (κ1) is 30.3. The van der Waals surface area contributed by atoms with E-state index in [0.29, 0.717) is 12.8 Å². The maximum atomic E-state index is 11.8. The van der Waals surface area contributed by atoms with Gasteiger partial charge in [-0.25, -0.2) is 0 Å². The smallest absolute Gasteiger partial charge is 0.140 e. The highest BCUT2D eigenvalue weighted by atomic mass is 16.1. The molecule has 0 fully saturated rings. The molecular formula is C29H56O2. The maximum Gasteiger partial charge on any atom is 0.140 e. The molecule has 2 nitrogen and oxygen atoms in total. The third kappa shape index (κ3) is 25.5. The van der Waals surface area contributed by atoms with Crippen molar-refractivity contribution in [1.82, 2.24) is 0 Å². The third-order valence-electron chi connectivity index (χ3n) is 6.51. The number of rotatable bonds is 26. The first-order valence-electron chi connectivity index (χ1n) is 14.2. The van der Waals surface area contributed by atoms with Crippen LogP contribution in [0.1, 0.15) is 174 Å². The summed E-state index contributed by atoms with van der Waals surface area (Å²) in [6.07, 6.45) is 30.5. The van der Waals surface area contributed by atoms with Crippen LogP contribution >= 0.6 is 0 Å². The quantitative estimate of drug-likeness (QED) is 0.0998. The number of Topliss-reactive ketones (excluding diaryl/α,β-unsaturated/α-hetero) is 2. The molecule has 0 aliphatic rings. The lowest BCUT2D eigenvalue weighted by Gasteiger charge is -2.04. The van der Waals surface area contributed by atoms with E-state index in [4.69, 9.17) is 0 Å². The van der Waals surface area contributed by atoms with Crippen LogP contribution in [-0.4, -0.2) is 11.6 Å². The zero-order chi connectivity index (χ0) is 22.8. The van der Waals surface area contributed by atoms with Gasteiger partial charge in [0.15, 0.2) is 0 Å². The van der Waals surface area contributed by atoms with Crippen molar-refractivity contribution in [2.45, 2.75) is 174 Å². The van der Waals surface area contributed by atoms with Crippen molar-refractivity contribution in [3.63, 3.8) is 0 Å². The summed E-state index contributed by atoms with van der Waals surface area (Å²) in [5, 5.41) is 0. The van der Waals surface area contributed by atoms with Gasteiger partial charge in [0.1, 0.15) is 11.6 Å². The fourth-order valence-corrected chi connectivity index (χ4v) is 4.37. The Morgan fingerprint density at radius 3 is 0.903 bits per heavy atom. The summed E-state index contributed by atoms with van der Waals surface area (Å²) in [5.41, 5.74) is 0. The average molecular weight is 437 g/mol. The van der Waals surface area contributed by atoms with Crippen LogP contribution < -0.4 is 0 Å². The molecule has 0 aromatic carbocycles. The van der Waals surface area contributed by atoms with Crippen LogP contribution in [0.4, 0.5) is 0 Å². The van der Waals surface area contributed by atoms with Crippen molar-refractivity contribution >= 4 is 11.6 Å². The molecule has 31 heavy (non-hydrogen) atoms. The Labute approximate surface area is 195 Å². The summed E-state index contributed by atoms with van der Waals surface area (Å²) in [5.74, 6) is 0.310. The van der Waals surface area contributed by atoms with Crippen LogP contribution in [0.25, 0.3) is 0 Å². The van der Waals surface area contributed by atoms with Crippen molar-refractivity contribution in [1.29, 1.82) is 0 Å². The third-order valence-corrected chi connectivity index (χ3v) is 6.51. The van der Waals surface area contributed by atoms with Gasteiger partial charge in [-0.15, -0.1) is 0 Å². The van der Waals surface area contributed by atoms with Crippen molar-refractivity contribution in [2.75, 3.05) is 0 Å². The van der Waals surface area contributed by atoms with E-state index in [1.807, 2.05) is 0 Å². The molecule has 0 rings (SSSR count). The van der Waals surface area contributed by atoms with Crippen LogP contribution in [0.15, 0.2) is 0 Å². The van der Waals surface area contributed by atoms with E-state index in [-0.39, 0.29) is 18.0 Å². The summed E-state index contributed by atoms with van der Waals surface area (Å²) in [4.78, 5) is 23.6. The molecule has 0 aromatic rings. The average Bonchev–Trinajstić information content (AvgIpc) is 2.75. The molecule has 2 heteroatoms. The molecule has 0 amide bonds. The van der Waals surface area contributed by atoms with Gasteiger partial charge in [0, 0.05) is 12.8 Å². The predicted octanol–water partition coefficient (Wildman–Crippen LogP) is 9.92. The van der Waals surface area contributed by atoms with Crippen LogP contribution in [0.2, 0.25) is 0 Å². The van der Waals surface area contributed by atoms with Gasteiger partial charge in [0.2, 0.25) is 0 Å². The van der Waals surface area contributed by atoms with E-state index >= 15 is 0 Å². The second kappa shape index (κ2) is 25.6. The Bertz CT molecular complexity index is 388. The monoisotopic (exact) mass is 436 g/mol. The minimum atomic E-state index is 0.149. The Hall–Kier alpha value is -0.660.